The van der Waals surface area contributed by atoms with Crippen molar-refractivity contribution in [2.45, 2.75) is 5.75 Å². The lowest BCUT2D eigenvalue weighted by atomic mass is 10.2. The third-order valence-corrected chi connectivity index (χ3v) is 6.51. The molecule has 0 aromatic heterocycles. The molecule has 0 fully saturated rings. The van der Waals surface area contributed by atoms with Crippen molar-refractivity contribution in [1.29, 1.82) is 0 Å². The summed E-state index contributed by atoms with van der Waals surface area (Å²) in [7, 11) is -3.73. The average molecular weight is 465 g/mol. The molecule has 0 heterocycles. The minimum Gasteiger partial charge on any atom is -0.354 e. The summed E-state index contributed by atoms with van der Waals surface area (Å²) in [6.07, 6.45) is 0.971. The number of anilines is 1. The van der Waals surface area contributed by atoms with Crippen LogP contribution in [-0.2, 0) is 20.6 Å². The van der Waals surface area contributed by atoms with Crippen molar-refractivity contribution in [3.8, 4) is 0 Å². The molecule has 0 unspecified atom stereocenters. The molecule has 0 saturated carbocycles. The van der Waals surface area contributed by atoms with Crippen LogP contribution < -0.4 is 9.62 Å². The smallest absolute Gasteiger partial charge is 0.240 e. The Bertz CT molecular complexity index is 942. The van der Waals surface area contributed by atoms with Crippen LogP contribution in [0.5, 0.6) is 0 Å². The molecule has 0 aliphatic heterocycles. The molecular weight excluding hydrogens is 446 g/mol. The Morgan fingerprint density at radius 3 is 2.57 bits per heavy atom. The molecule has 2 aromatic rings. The van der Waals surface area contributed by atoms with E-state index in [1.807, 2.05) is 6.07 Å². The third kappa shape index (κ3) is 7.16. The van der Waals surface area contributed by atoms with Crippen LogP contribution in [0.25, 0.3) is 0 Å². The van der Waals surface area contributed by atoms with Gasteiger partial charge < -0.3 is 5.32 Å². The van der Waals surface area contributed by atoms with Crippen molar-refractivity contribution in [2.24, 2.45) is 0 Å². The Balaban J connectivity index is 1.82. The molecule has 0 aliphatic carbocycles. The molecule has 0 atom stereocenters. The van der Waals surface area contributed by atoms with Gasteiger partial charge in [0.15, 0.2) is 0 Å². The van der Waals surface area contributed by atoms with Crippen molar-refractivity contribution in [2.75, 3.05) is 29.4 Å². The Hall–Kier alpha value is -1.48. The number of amides is 1. The van der Waals surface area contributed by atoms with Gasteiger partial charge in [0.2, 0.25) is 15.9 Å². The molecule has 1 amide bonds. The van der Waals surface area contributed by atoms with Gasteiger partial charge in [0.05, 0.1) is 22.0 Å². The standard InChI is InChI=1S/C18H19Cl2FN2O3S2/c1-28(25,26)23(15-4-2-3-14(21)10-15)11-18(24)22-7-8-27-12-13-5-6-16(19)17(20)9-13/h2-6,9-10H,7-8,11-12H2,1H3,(H,22,24). The van der Waals surface area contributed by atoms with Crippen molar-refractivity contribution in [1.82, 2.24) is 5.32 Å². The molecule has 0 aliphatic rings. The van der Waals surface area contributed by atoms with Gasteiger partial charge in [0.25, 0.3) is 0 Å². The van der Waals surface area contributed by atoms with Gasteiger partial charge in [-0.05, 0) is 35.9 Å². The zero-order valence-corrected chi connectivity index (χ0v) is 18.1. The maximum absolute atomic E-state index is 13.4. The van der Waals surface area contributed by atoms with Gasteiger partial charge in [-0.25, -0.2) is 12.8 Å². The monoisotopic (exact) mass is 464 g/mol. The van der Waals surface area contributed by atoms with Crippen LogP contribution in [0.4, 0.5) is 10.1 Å². The molecule has 0 bridgehead atoms. The van der Waals surface area contributed by atoms with Crippen LogP contribution in [0.3, 0.4) is 0 Å². The first-order valence-electron chi connectivity index (χ1n) is 8.18. The molecule has 2 aromatic carbocycles. The highest BCUT2D eigenvalue weighted by atomic mass is 35.5. The highest BCUT2D eigenvalue weighted by Gasteiger charge is 2.21. The van der Waals surface area contributed by atoms with E-state index in [1.54, 1.807) is 23.9 Å². The number of nitrogens with zero attached hydrogens (tertiary/aromatic N) is 1. The number of nitrogens with one attached hydrogen (secondary N) is 1. The van der Waals surface area contributed by atoms with E-state index in [0.29, 0.717) is 28.1 Å². The first-order chi connectivity index (χ1) is 13.2. The van der Waals surface area contributed by atoms with E-state index in [0.717, 1.165) is 22.2 Å². The molecule has 5 nitrogen and oxygen atoms in total. The largest absolute Gasteiger partial charge is 0.354 e. The first-order valence-corrected chi connectivity index (χ1v) is 11.9. The van der Waals surface area contributed by atoms with Crippen molar-refractivity contribution in [3.63, 3.8) is 0 Å². The predicted octanol–water partition coefficient (Wildman–Crippen LogP) is 3.95. The maximum Gasteiger partial charge on any atom is 0.240 e. The highest BCUT2D eigenvalue weighted by Crippen LogP contribution is 2.24. The van der Waals surface area contributed by atoms with Gasteiger partial charge in [-0.3, -0.25) is 9.10 Å². The van der Waals surface area contributed by atoms with E-state index >= 15 is 0 Å². The molecule has 0 radical (unpaired) electrons. The van der Waals surface area contributed by atoms with E-state index in [4.69, 9.17) is 23.2 Å². The second-order valence-electron chi connectivity index (χ2n) is 5.90. The fraction of sp³-hybridized carbons (Fsp3) is 0.278. The number of hydrogen-bond acceptors (Lipinski definition) is 4. The lowest BCUT2D eigenvalue weighted by Gasteiger charge is -2.21. The van der Waals surface area contributed by atoms with Gasteiger partial charge in [-0.1, -0.05) is 35.3 Å². The first kappa shape index (κ1) is 22.8. The minimum absolute atomic E-state index is 0.103. The molecule has 10 heteroatoms. The van der Waals surface area contributed by atoms with Gasteiger partial charge in [0.1, 0.15) is 12.4 Å². The van der Waals surface area contributed by atoms with E-state index in [-0.39, 0.29) is 5.69 Å². The van der Waals surface area contributed by atoms with E-state index in [1.165, 1.54) is 18.2 Å². The summed E-state index contributed by atoms with van der Waals surface area (Å²) >= 11 is 13.4. The number of hydrogen-bond donors (Lipinski definition) is 1. The maximum atomic E-state index is 13.4. The Morgan fingerprint density at radius 1 is 1.18 bits per heavy atom. The topological polar surface area (TPSA) is 66.5 Å². The summed E-state index contributed by atoms with van der Waals surface area (Å²) in [6.45, 7) is -0.0503. The van der Waals surface area contributed by atoms with Crippen LogP contribution >= 0.6 is 35.0 Å². The number of carbonyl (C=O) groups is 1. The number of benzene rings is 2. The molecule has 1 N–H and O–H groups in total. The molecular formula is C18H19Cl2FN2O3S2. The number of sulfonamides is 1. The lowest BCUT2D eigenvalue weighted by Crippen LogP contribution is -2.41. The summed E-state index contributed by atoms with van der Waals surface area (Å²) in [6, 6.07) is 10.5. The molecule has 0 spiro atoms. The Labute approximate surface area is 178 Å². The zero-order valence-electron chi connectivity index (χ0n) is 15.0. The van der Waals surface area contributed by atoms with E-state index < -0.39 is 28.3 Å². The average Bonchev–Trinajstić information content (AvgIpc) is 2.61. The van der Waals surface area contributed by atoms with Crippen LogP contribution in [0, 0.1) is 5.82 Å². The fourth-order valence-corrected chi connectivity index (χ4v) is 4.27. The van der Waals surface area contributed by atoms with Crippen LogP contribution in [0.15, 0.2) is 42.5 Å². The molecule has 2 rings (SSSR count). The quantitative estimate of drug-likeness (QED) is 0.570. The zero-order chi connectivity index (χ0) is 20.7. The molecule has 28 heavy (non-hydrogen) atoms. The number of rotatable bonds is 9. The number of halogens is 3. The minimum atomic E-state index is -3.73. The normalized spacial score (nSPS) is 11.3. The van der Waals surface area contributed by atoms with Gasteiger partial charge >= 0.3 is 0 Å². The lowest BCUT2D eigenvalue weighted by molar-refractivity contribution is -0.119. The summed E-state index contributed by atoms with van der Waals surface area (Å²) in [4.78, 5) is 12.1. The van der Waals surface area contributed by atoms with Gasteiger partial charge in [-0.2, -0.15) is 11.8 Å². The summed E-state index contributed by atoms with van der Waals surface area (Å²) in [5, 5.41) is 3.66. The number of thioether (sulfide) groups is 1. The fourth-order valence-electron chi connectivity index (χ4n) is 2.30. The Kier molecular flexibility index (Phi) is 8.42. The van der Waals surface area contributed by atoms with Crippen molar-refractivity contribution >= 4 is 56.6 Å². The second kappa shape index (κ2) is 10.3. The van der Waals surface area contributed by atoms with Crippen LogP contribution in [0.1, 0.15) is 5.56 Å². The summed E-state index contributed by atoms with van der Waals surface area (Å²) in [5.74, 6) is 0.283. The highest BCUT2D eigenvalue weighted by molar-refractivity contribution is 7.98. The summed E-state index contributed by atoms with van der Waals surface area (Å²) in [5.41, 5.74) is 1.12. The summed E-state index contributed by atoms with van der Waals surface area (Å²) < 4.78 is 38.2. The van der Waals surface area contributed by atoms with Crippen LogP contribution in [-0.4, -0.2) is 39.4 Å². The predicted molar refractivity (Wildman–Crippen MR) is 114 cm³/mol. The van der Waals surface area contributed by atoms with E-state index in [2.05, 4.69) is 5.32 Å². The van der Waals surface area contributed by atoms with Gasteiger partial charge in [-0.15, -0.1) is 0 Å². The van der Waals surface area contributed by atoms with Crippen molar-refractivity contribution in [3.05, 3.63) is 63.9 Å². The van der Waals surface area contributed by atoms with Crippen LogP contribution in [0.2, 0.25) is 10.0 Å². The van der Waals surface area contributed by atoms with E-state index in [9.17, 15) is 17.6 Å². The molecule has 152 valence electrons. The molecule has 0 saturated heterocycles. The second-order valence-corrected chi connectivity index (χ2v) is 9.73. The van der Waals surface area contributed by atoms with Crippen molar-refractivity contribution < 1.29 is 17.6 Å². The number of carbonyl (C=O) groups excluding carboxylic acids is 1. The third-order valence-electron chi connectivity index (χ3n) is 3.61. The Morgan fingerprint density at radius 2 is 1.93 bits per heavy atom. The van der Waals surface area contributed by atoms with Gasteiger partial charge in [0, 0.05) is 18.1 Å². The SMILES string of the molecule is CS(=O)(=O)N(CC(=O)NCCSCc1ccc(Cl)c(Cl)c1)c1cccc(F)c1.